The molecule has 9 heteroatoms. The topological polar surface area (TPSA) is 88.7 Å². The van der Waals surface area contributed by atoms with Gasteiger partial charge in [0.05, 0.1) is 21.4 Å². The number of hydrogen-bond donors (Lipinski definition) is 0. The molecule has 2 heterocycles. The molecule has 0 spiro atoms. The number of thiazole rings is 1. The fourth-order valence-electron chi connectivity index (χ4n) is 2.74. The van der Waals surface area contributed by atoms with Crippen molar-refractivity contribution in [2.75, 3.05) is 5.01 Å². The Kier molecular flexibility index (Phi) is 5.96. The second-order valence-corrected chi connectivity index (χ2v) is 8.55. The summed E-state index contributed by atoms with van der Waals surface area (Å²) < 4.78 is 0.971. The monoisotopic (exact) mass is 448 g/mol. The predicted octanol–water partition coefficient (Wildman–Crippen LogP) is 5.65. The number of thiophene rings is 1. The second-order valence-electron chi connectivity index (χ2n) is 6.56. The van der Waals surface area contributed by atoms with E-state index in [1.54, 1.807) is 24.4 Å². The van der Waals surface area contributed by atoms with Gasteiger partial charge in [0.15, 0.2) is 0 Å². The number of hydrazone groups is 1. The Bertz CT molecular complexity index is 1290. The van der Waals surface area contributed by atoms with Gasteiger partial charge in [0.2, 0.25) is 5.13 Å². The van der Waals surface area contributed by atoms with Crippen LogP contribution in [-0.4, -0.2) is 22.0 Å². The largest absolute Gasteiger partial charge is 0.273 e. The van der Waals surface area contributed by atoms with E-state index in [0.29, 0.717) is 10.7 Å². The lowest BCUT2D eigenvalue weighted by Gasteiger charge is -2.10. The first-order valence-electron chi connectivity index (χ1n) is 9.21. The molecule has 154 valence electrons. The molecule has 1 amide bonds. The molecule has 7 nitrogen and oxygen atoms in total. The van der Waals surface area contributed by atoms with Crippen molar-refractivity contribution in [3.05, 3.63) is 92.2 Å². The van der Waals surface area contributed by atoms with E-state index in [4.69, 9.17) is 0 Å². The summed E-state index contributed by atoms with van der Waals surface area (Å²) in [6.45, 7) is 2.00. The molecule has 0 fully saturated rings. The molecule has 0 aliphatic carbocycles. The number of amides is 1. The number of fused-ring (bicyclic) bond motifs is 1. The van der Waals surface area contributed by atoms with Gasteiger partial charge in [0, 0.05) is 23.1 Å². The fourth-order valence-corrected chi connectivity index (χ4v) is 4.34. The van der Waals surface area contributed by atoms with Gasteiger partial charge in [-0.1, -0.05) is 23.5 Å². The zero-order valence-electron chi connectivity index (χ0n) is 16.3. The van der Waals surface area contributed by atoms with E-state index in [9.17, 15) is 14.9 Å². The van der Waals surface area contributed by atoms with Gasteiger partial charge in [-0.15, -0.1) is 11.3 Å². The maximum absolute atomic E-state index is 13.0. The summed E-state index contributed by atoms with van der Waals surface area (Å²) in [7, 11) is 0. The molecule has 0 bridgehead atoms. The van der Waals surface area contributed by atoms with Crippen molar-refractivity contribution in [2.45, 2.75) is 6.92 Å². The van der Waals surface area contributed by atoms with Crippen LogP contribution in [0.1, 0.15) is 16.0 Å². The molecule has 0 aliphatic heterocycles. The van der Waals surface area contributed by atoms with Crippen LogP contribution in [0.5, 0.6) is 0 Å². The van der Waals surface area contributed by atoms with E-state index in [2.05, 4.69) is 10.1 Å². The maximum atomic E-state index is 13.0. The summed E-state index contributed by atoms with van der Waals surface area (Å²) in [5, 5.41) is 18.8. The number of nitro benzene ring substituents is 1. The van der Waals surface area contributed by atoms with Gasteiger partial charge in [-0.2, -0.15) is 10.1 Å². The summed E-state index contributed by atoms with van der Waals surface area (Å²) in [4.78, 5) is 28.8. The standard InChI is InChI=1S/C22H16N4O3S2/c1-15-4-10-19-20(13-15)31-22(24-19)25(23-14-18-3-2-12-30-18)21(27)11-7-16-5-8-17(9-6-16)26(28)29/h2-14H,1H3/b11-7+,23-14+. The Labute approximate surface area is 185 Å². The zero-order chi connectivity index (χ0) is 21.8. The van der Waals surface area contributed by atoms with Crippen LogP contribution in [-0.2, 0) is 4.79 Å². The lowest BCUT2D eigenvalue weighted by molar-refractivity contribution is -0.384. The van der Waals surface area contributed by atoms with E-state index < -0.39 is 4.92 Å². The summed E-state index contributed by atoms with van der Waals surface area (Å²) in [5.74, 6) is -0.373. The maximum Gasteiger partial charge on any atom is 0.273 e. The van der Waals surface area contributed by atoms with Crippen molar-refractivity contribution in [3.8, 4) is 0 Å². The Morgan fingerprint density at radius 3 is 2.71 bits per heavy atom. The third-order valence-electron chi connectivity index (χ3n) is 4.29. The number of aryl methyl sites for hydroxylation is 1. The highest BCUT2D eigenvalue weighted by molar-refractivity contribution is 7.22. The number of benzene rings is 2. The molecule has 0 saturated carbocycles. The van der Waals surface area contributed by atoms with Crippen LogP contribution in [0.4, 0.5) is 10.8 Å². The molecule has 0 unspecified atom stereocenters. The number of hydrogen-bond acceptors (Lipinski definition) is 7. The molecule has 0 aliphatic rings. The third-order valence-corrected chi connectivity index (χ3v) is 6.09. The predicted molar refractivity (Wildman–Crippen MR) is 126 cm³/mol. The fraction of sp³-hybridized carbons (Fsp3) is 0.0455. The molecule has 2 aromatic heterocycles. The van der Waals surface area contributed by atoms with Crippen molar-refractivity contribution in [1.82, 2.24) is 4.98 Å². The normalized spacial score (nSPS) is 11.5. The smallest absolute Gasteiger partial charge is 0.267 e. The Hall–Kier alpha value is -3.69. The number of carbonyl (C=O) groups excluding carboxylic acids is 1. The molecule has 4 rings (SSSR count). The van der Waals surface area contributed by atoms with E-state index in [-0.39, 0.29) is 11.6 Å². The van der Waals surface area contributed by atoms with Gasteiger partial charge in [-0.05, 0) is 59.8 Å². The molecule has 0 saturated heterocycles. The third kappa shape index (κ3) is 4.90. The van der Waals surface area contributed by atoms with Gasteiger partial charge in [-0.25, -0.2) is 4.98 Å². The number of nitrogens with zero attached hydrogens (tertiary/aromatic N) is 4. The van der Waals surface area contributed by atoms with Crippen molar-refractivity contribution in [1.29, 1.82) is 0 Å². The van der Waals surface area contributed by atoms with Crippen molar-refractivity contribution in [3.63, 3.8) is 0 Å². The van der Waals surface area contributed by atoms with Crippen LogP contribution in [0, 0.1) is 17.0 Å². The minimum atomic E-state index is -0.464. The van der Waals surface area contributed by atoms with Crippen molar-refractivity contribution >= 4 is 61.9 Å². The molecule has 31 heavy (non-hydrogen) atoms. The molecular formula is C22H16N4O3S2. The first-order chi connectivity index (χ1) is 15.0. The first kappa shape index (κ1) is 20.6. The van der Waals surface area contributed by atoms with Crippen LogP contribution in [0.15, 0.2) is 71.2 Å². The molecule has 4 aromatic rings. The van der Waals surface area contributed by atoms with E-state index in [1.165, 1.54) is 45.9 Å². The molecule has 2 aromatic carbocycles. The second kappa shape index (κ2) is 8.99. The van der Waals surface area contributed by atoms with Crippen LogP contribution in [0.3, 0.4) is 0 Å². The van der Waals surface area contributed by atoms with Crippen LogP contribution < -0.4 is 5.01 Å². The Balaban J connectivity index is 1.63. The Morgan fingerprint density at radius 1 is 1.19 bits per heavy atom. The number of rotatable bonds is 6. The minimum Gasteiger partial charge on any atom is -0.267 e. The number of aromatic nitrogens is 1. The summed E-state index contributed by atoms with van der Waals surface area (Å²) >= 11 is 2.90. The van der Waals surface area contributed by atoms with Crippen LogP contribution >= 0.6 is 22.7 Å². The lowest BCUT2D eigenvalue weighted by Crippen LogP contribution is -2.23. The molecule has 0 atom stereocenters. The summed E-state index contributed by atoms with van der Waals surface area (Å²) in [6.07, 6.45) is 4.60. The molecule has 0 N–H and O–H groups in total. The van der Waals surface area contributed by atoms with Gasteiger partial charge >= 0.3 is 0 Å². The van der Waals surface area contributed by atoms with Crippen LogP contribution in [0.25, 0.3) is 16.3 Å². The van der Waals surface area contributed by atoms with Gasteiger partial charge in [0.25, 0.3) is 11.6 Å². The molecular weight excluding hydrogens is 432 g/mol. The minimum absolute atomic E-state index is 0.00424. The van der Waals surface area contributed by atoms with E-state index in [0.717, 1.165) is 20.7 Å². The number of anilines is 1. The van der Waals surface area contributed by atoms with Crippen LogP contribution in [0.2, 0.25) is 0 Å². The zero-order valence-corrected chi connectivity index (χ0v) is 18.0. The average molecular weight is 449 g/mol. The van der Waals surface area contributed by atoms with Crippen molar-refractivity contribution in [2.24, 2.45) is 5.10 Å². The van der Waals surface area contributed by atoms with E-state index in [1.807, 2.05) is 42.6 Å². The highest BCUT2D eigenvalue weighted by Crippen LogP contribution is 2.30. The van der Waals surface area contributed by atoms with Gasteiger partial charge in [-0.3, -0.25) is 14.9 Å². The van der Waals surface area contributed by atoms with Gasteiger partial charge < -0.3 is 0 Å². The summed E-state index contributed by atoms with van der Waals surface area (Å²) in [6, 6.07) is 15.7. The van der Waals surface area contributed by atoms with Crippen molar-refractivity contribution < 1.29 is 9.72 Å². The molecule has 0 radical (unpaired) electrons. The first-order valence-corrected chi connectivity index (χ1v) is 10.9. The lowest BCUT2D eigenvalue weighted by atomic mass is 10.2. The highest BCUT2D eigenvalue weighted by atomic mass is 32.1. The average Bonchev–Trinajstić information content (AvgIpc) is 3.42. The van der Waals surface area contributed by atoms with Gasteiger partial charge in [0.1, 0.15) is 0 Å². The number of non-ortho nitro benzene ring substituents is 1. The van der Waals surface area contributed by atoms with E-state index >= 15 is 0 Å². The highest BCUT2D eigenvalue weighted by Gasteiger charge is 2.17. The quantitative estimate of drug-likeness (QED) is 0.165. The summed E-state index contributed by atoms with van der Waals surface area (Å²) in [5.41, 5.74) is 2.58. The SMILES string of the molecule is Cc1ccc2nc(N(/N=C/c3cccs3)C(=O)/C=C/c3ccc([N+](=O)[O-])cc3)sc2c1. The number of carbonyl (C=O) groups is 1. The number of nitro groups is 1. The Morgan fingerprint density at radius 2 is 2.00 bits per heavy atom.